The smallest absolute Gasteiger partial charge is 0.376 e. The Morgan fingerprint density at radius 3 is 2.42 bits per heavy atom. The molecule has 0 aliphatic carbocycles. The molecule has 0 bridgehead atoms. The lowest BCUT2D eigenvalue weighted by atomic mass is 9.89. The zero-order valence-corrected chi connectivity index (χ0v) is 14.8. The van der Waals surface area contributed by atoms with Gasteiger partial charge in [0.1, 0.15) is 0 Å². The zero-order valence-electron chi connectivity index (χ0n) is 14.0. The minimum Gasteiger partial charge on any atom is -0.376 e. The molecule has 0 unspecified atom stereocenters. The molecule has 138 valence electrons. The summed E-state index contributed by atoms with van der Waals surface area (Å²) in [7, 11) is 0. The lowest BCUT2D eigenvalue weighted by Crippen LogP contribution is -2.45. The number of hydrogen-bond acceptors (Lipinski definition) is 3. The van der Waals surface area contributed by atoms with Gasteiger partial charge in [0.15, 0.2) is 5.60 Å². The standard InChI is InChI=1S/C19H18F3NO2S/c1-18(25,13-7-3-4-8-14(13)19(20,21)22)17(24)23-15-10-11-26-16-9-5-2-6-12(15)16/h2-9,15,25H,10-11H2,1H3,(H,23,24)/t15-,18+/m0/s1. The monoisotopic (exact) mass is 381 g/mol. The lowest BCUT2D eigenvalue weighted by molar-refractivity contribution is -0.146. The Labute approximate surface area is 153 Å². The Morgan fingerprint density at radius 2 is 1.73 bits per heavy atom. The van der Waals surface area contributed by atoms with Gasteiger partial charge in [0.05, 0.1) is 11.6 Å². The maximum atomic E-state index is 13.3. The van der Waals surface area contributed by atoms with Crippen LogP contribution in [-0.4, -0.2) is 16.8 Å². The first-order valence-electron chi connectivity index (χ1n) is 8.13. The molecule has 2 aromatic carbocycles. The van der Waals surface area contributed by atoms with Gasteiger partial charge in [-0.1, -0.05) is 36.4 Å². The number of fused-ring (bicyclic) bond motifs is 1. The van der Waals surface area contributed by atoms with E-state index in [0.29, 0.717) is 6.42 Å². The summed E-state index contributed by atoms with van der Waals surface area (Å²) in [5.74, 6) is -0.0654. The van der Waals surface area contributed by atoms with E-state index in [0.717, 1.165) is 35.3 Å². The van der Waals surface area contributed by atoms with Gasteiger partial charge in [-0.05, 0) is 31.0 Å². The van der Waals surface area contributed by atoms with Crippen LogP contribution in [-0.2, 0) is 16.6 Å². The molecule has 1 aliphatic rings. The van der Waals surface area contributed by atoms with Crippen LogP contribution in [0.4, 0.5) is 13.2 Å². The first kappa shape index (κ1) is 18.8. The van der Waals surface area contributed by atoms with Crippen LogP contribution >= 0.6 is 11.8 Å². The van der Waals surface area contributed by atoms with Gasteiger partial charge in [-0.2, -0.15) is 13.2 Å². The molecule has 3 nitrogen and oxygen atoms in total. The average Bonchev–Trinajstić information content (AvgIpc) is 2.61. The molecule has 3 rings (SSSR count). The van der Waals surface area contributed by atoms with Crippen molar-refractivity contribution in [1.82, 2.24) is 5.32 Å². The number of carbonyl (C=O) groups is 1. The highest BCUT2D eigenvalue weighted by atomic mass is 32.2. The van der Waals surface area contributed by atoms with Crippen molar-refractivity contribution >= 4 is 17.7 Å². The fourth-order valence-electron chi connectivity index (χ4n) is 3.07. The van der Waals surface area contributed by atoms with Crippen molar-refractivity contribution in [2.45, 2.75) is 36.1 Å². The summed E-state index contributed by atoms with van der Waals surface area (Å²) in [6, 6.07) is 11.8. The summed E-state index contributed by atoms with van der Waals surface area (Å²) < 4.78 is 39.8. The summed E-state index contributed by atoms with van der Waals surface area (Å²) in [4.78, 5) is 13.7. The maximum Gasteiger partial charge on any atom is 0.416 e. The van der Waals surface area contributed by atoms with Gasteiger partial charge in [0, 0.05) is 16.2 Å². The molecule has 0 saturated heterocycles. The minimum atomic E-state index is -4.66. The highest BCUT2D eigenvalue weighted by molar-refractivity contribution is 7.99. The molecular formula is C19H18F3NO2S. The van der Waals surface area contributed by atoms with E-state index >= 15 is 0 Å². The highest BCUT2D eigenvalue weighted by Gasteiger charge is 2.42. The summed E-state index contributed by atoms with van der Waals surface area (Å²) in [6.07, 6.45) is -4.01. The zero-order chi connectivity index (χ0) is 18.9. The van der Waals surface area contributed by atoms with Gasteiger partial charge in [-0.3, -0.25) is 4.79 Å². The normalized spacial score (nSPS) is 19.3. The van der Waals surface area contributed by atoms with E-state index in [1.807, 2.05) is 24.3 Å². The molecule has 7 heteroatoms. The van der Waals surface area contributed by atoms with Gasteiger partial charge in [0.2, 0.25) is 0 Å². The average molecular weight is 381 g/mol. The third-order valence-electron chi connectivity index (χ3n) is 4.46. The van der Waals surface area contributed by atoms with Gasteiger partial charge in [0.25, 0.3) is 5.91 Å². The number of rotatable bonds is 3. The number of nitrogens with one attached hydrogen (secondary N) is 1. The van der Waals surface area contributed by atoms with Crippen molar-refractivity contribution < 1.29 is 23.1 Å². The van der Waals surface area contributed by atoms with E-state index in [2.05, 4.69) is 5.32 Å². The van der Waals surface area contributed by atoms with Crippen molar-refractivity contribution in [2.24, 2.45) is 0 Å². The van der Waals surface area contributed by atoms with Crippen molar-refractivity contribution in [3.8, 4) is 0 Å². The number of carbonyl (C=O) groups excluding carboxylic acids is 1. The van der Waals surface area contributed by atoms with Crippen LogP contribution in [0.3, 0.4) is 0 Å². The van der Waals surface area contributed by atoms with Crippen LogP contribution in [0.2, 0.25) is 0 Å². The second kappa shape index (κ2) is 6.96. The third-order valence-corrected chi connectivity index (χ3v) is 5.59. The number of thioether (sulfide) groups is 1. The van der Waals surface area contributed by atoms with E-state index in [4.69, 9.17) is 0 Å². The van der Waals surface area contributed by atoms with E-state index in [1.54, 1.807) is 11.8 Å². The Balaban J connectivity index is 1.89. The molecule has 1 heterocycles. The Hall–Kier alpha value is -1.99. The quantitative estimate of drug-likeness (QED) is 0.835. The van der Waals surface area contributed by atoms with Crippen LogP contribution in [0.25, 0.3) is 0 Å². The molecule has 2 N–H and O–H groups in total. The van der Waals surface area contributed by atoms with Crippen LogP contribution in [0, 0.1) is 0 Å². The first-order valence-corrected chi connectivity index (χ1v) is 9.11. The van der Waals surface area contributed by atoms with Gasteiger partial charge < -0.3 is 10.4 Å². The van der Waals surface area contributed by atoms with Crippen molar-refractivity contribution in [1.29, 1.82) is 0 Å². The van der Waals surface area contributed by atoms with Crippen LogP contribution < -0.4 is 5.32 Å². The number of amides is 1. The molecule has 0 saturated carbocycles. The molecule has 2 atom stereocenters. The Bertz CT molecular complexity index is 820. The Morgan fingerprint density at radius 1 is 1.12 bits per heavy atom. The fraction of sp³-hybridized carbons (Fsp3) is 0.316. The molecule has 26 heavy (non-hydrogen) atoms. The number of halogens is 3. The van der Waals surface area contributed by atoms with Crippen molar-refractivity contribution in [2.75, 3.05) is 5.75 Å². The number of alkyl halides is 3. The van der Waals surface area contributed by atoms with Crippen LogP contribution in [0.5, 0.6) is 0 Å². The largest absolute Gasteiger partial charge is 0.416 e. The third kappa shape index (κ3) is 3.59. The predicted octanol–water partition coefficient (Wildman–Crippen LogP) is 4.27. The van der Waals surface area contributed by atoms with Crippen molar-refractivity contribution in [3.63, 3.8) is 0 Å². The minimum absolute atomic E-state index is 0.343. The predicted molar refractivity (Wildman–Crippen MR) is 93.7 cm³/mol. The lowest BCUT2D eigenvalue weighted by Gasteiger charge is -2.31. The number of benzene rings is 2. The Kier molecular flexibility index (Phi) is 5.03. The summed E-state index contributed by atoms with van der Waals surface area (Å²) in [6.45, 7) is 1.09. The highest BCUT2D eigenvalue weighted by Crippen LogP contribution is 2.39. The molecule has 2 aromatic rings. The second-order valence-corrected chi connectivity index (χ2v) is 7.45. The van der Waals surface area contributed by atoms with E-state index in [9.17, 15) is 23.1 Å². The number of hydrogen-bond donors (Lipinski definition) is 2. The van der Waals surface area contributed by atoms with E-state index in [-0.39, 0.29) is 6.04 Å². The van der Waals surface area contributed by atoms with Gasteiger partial charge in [-0.15, -0.1) is 11.8 Å². The molecule has 0 fully saturated rings. The van der Waals surface area contributed by atoms with Crippen LogP contribution in [0.1, 0.15) is 36.1 Å². The van der Waals surface area contributed by atoms with E-state index in [1.165, 1.54) is 12.1 Å². The topological polar surface area (TPSA) is 49.3 Å². The summed E-state index contributed by atoms with van der Waals surface area (Å²) in [5.41, 5.74) is -2.86. The second-order valence-electron chi connectivity index (χ2n) is 6.32. The number of aliphatic hydroxyl groups is 1. The van der Waals surface area contributed by atoms with Gasteiger partial charge >= 0.3 is 6.18 Å². The van der Waals surface area contributed by atoms with Crippen molar-refractivity contribution in [3.05, 3.63) is 65.2 Å². The molecule has 0 radical (unpaired) electrons. The molecule has 1 amide bonds. The van der Waals surface area contributed by atoms with E-state index < -0.39 is 28.8 Å². The summed E-state index contributed by atoms with van der Waals surface area (Å²) in [5, 5.41) is 13.4. The first-order chi connectivity index (χ1) is 12.2. The molecule has 1 aliphatic heterocycles. The van der Waals surface area contributed by atoms with Crippen LogP contribution in [0.15, 0.2) is 53.4 Å². The molecule has 0 aromatic heterocycles. The molecular weight excluding hydrogens is 363 g/mol. The SMILES string of the molecule is C[C@](O)(C(=O)N[C@H]1CCSc2ccccc21)c1ccccc1C(F)(F)F. The molecule has 0 spiro atoms. The van der Waals surface area contributed by atoms with Gasteiger partial charge in [-0.25, -0.2) is 0 Å². The maximum absolute atomic E-state index is 13.3. The fourth-order valence-corrected chi connectivity index (χ4v) is 4.19. The summed E-state index contributed by atoms with van der Waals surface area (Å²) >= 11 is 1.67.